The van der Waals surface area contributed by atoms with Crippen molar-refractivity contribution < 1.29 is 18.0 Å². The molecule has 0 fully saturated rings. The highest BCUT2D eigenvalue weighted by atomic mass is 79.9. The lowest BCUT2D eigenvalue weighted by molar-refractivity contribution is -0.139. The first-order chi connectivity index (χ1) is 15.3. The minimum Gasteiger partial charge on any atom is -0.352 e. The Morgan fingerprint density at radius 1 is 1.03 bits per heavy atom. The SMILES string of the molecule is Cc1ccc(C)c(N(CC(=O)N(Cc2ccc(Br)cc2)[C@@H](C)C(=O)NC(C)C)S(C)(=O)=O)c1. The maximum atomic E-state index is 13.5. The lowest BCUT2D eigenvalue weighted by Gasteiger charge is -2.32. The smallest absolute Gasteiger partial charge is 0.244 e. The monoisotopic (exact) mass is 537 g/mol. The number of carbonyl (C=O) groups is 2. The van der Waals surface area contributed by atoms with Gasteiger partial charge in [-0.3, -0.25) is 13.9 Å². The van der Waals surface area contributed by atoms with E-state index >= 15 is 0 Å². The van der Waals surface area contributed by atoms with Gasteiger partial charge in [-0.1, -0.05) is 40.2 Å². The molecule has 33 heavy (non-hydrogen) atoms. The number of benzene rings is 2. The quantitative estimate of drug-likeness (QED) is 0.527. The second-order valence-electron chi connectivity index (χ2n) is 8.55. The molecule has 1 atom stereocenters. The third kappa shape index (κ3) is 7.57. The molecule has 180 valence electrons. The van der Waals surface area contributed by atoms with Crippen LogP contribution in [0.1, 0.15) is 37.5 Å². The van der Waals surface area contributed by atoms with Crippen molar-refractivity contribution in [1.29, 1.82) is 0 Å². The minimum atomic E-state index is -3.75. The first kappa shape index (κ1) is 26.9. The Hall–Kier alpha value is -2.39. The largest absolute Gasteiger partial charge is 0.352 e. The normalized spacial score (nSPS) is 12.4. The molecule has 0 aliphatic rings. The predicted molar refractivity (Wildman–Crippen MR) is 136 cm³/mol. The molecule has 0 aliphatic carbocycles. The molecular weight excluding hydrogens is 506 g/mol. The molecule has 0 spiro atoms. The zero-order chi connectivity index (χ0) is 24.9. The fourth-order valence-electron chi connectivity index (χ4n) is 3.36. The number of halogens is 1. The fraction of sp³-hybridized carbons (Fsp3) is 0.417. The van der Waals surface area contributed by atoms with Gasteiger partial charge in [-0.25, -0.2) is 8.42 Å². The van der Waals surface area contributed by atoms with Gasteiger partial charge in [0.15, 0.2) is 0 Å². The van der Waals surface area contributed by atoms with Crippen LogP contribution in [0.2, 0.25) is 0 Å². The van der Waals surface area contributed by atoms with Gasteiger partial charge in [0.25, 0.3) is 0 Å². The third-order valence-corrected chi connectivity index (χ3v) is 6.83. The molecule has 0 aromatic heterocycles. The molecule has 2 amide bonds. The van der Waals surface area contributed by atoms with Crippen molar-refractivity contribution in [2.45, 2.75) is 53.2 Å². The van der Waals surface area contributed by atoms with Crippen LogP contribution in [0.4, 0.5) is 5.69 Å². The summed E-state index contributed by atoms with van der Waals surface area (Å²) in [6.07, 6.45) is 1.08. The number of rotatable bonds is 9. The first-order valence-electron chi connectivity index (χ1n) is 10.7. The Bertz CT molecular complexity index is 1100. The van der Waals surface area contributed by atoms with Gasteiger partial charge in [-0.2, -0.15) is 0 Å². The summed E-state index contributed by atoms with van der Waals surface area (Å²) >= 11 is 3.39. The number of carbonyl (C=O) groups excluding carboxylic acids is 2. The van der Waals surface area contributed by atoms with Crippen molar-refractivity contribution >= 4 is 43.5 Å². The van der Waals surface area contributed by atoms with E-state index in [-0.39, 0.29) is 18.5 Å². The Balaban J connectivity index is 2.42. The number of amides is 2. The summed E-state index contributed by atoms with van der Waals surface area (Å²) in [5.41, 5.74) is 2.90. The van der Waals surface area contributed by atoms with E-state index in [9.17, 15) is 18.0 Å². The third-order valence-electron chi connectivity index (χ3n) is 5.18. The van der Waals surface area contributed by atoms with Crippen molar-refractivity contribution in [1.82, 2.24) is 10.2 Å². The van der Waals surface area contributed by atoms with E-state index in [0.717, 1.165) is 31.7 Å². The number of sulfonamides is 1. The molecule has 0 bridgehead atoms. The van der Waals surface area contributed by atoms with Gasteiger partial charge in [-0.05, 0) is 69.5 Å². The number of hydrogen-bond acceptors (Lipinski definition) is 4. The van der Waals surface area contributed by atoms with Crippen LogP contribution in [0.5, 0.6) is 0 Å². The summed E-state index contributed by atoms with van der Waals surface area (Å²) < 4.78 is 27.3. The van der Waals surface area contributed by atoms with Crippen molar-refractivity contribution in [3.8, 4) is 0 Å². The van der Waals surface area contributed by atoms with Crippen LogP contribution in [-0.4, -0.2) is 50.0 Å². The molecule has 2 aromatic rings. The number of aryl methyl sites for hydroxylation is 2. The average Bonchev–Trinajstić information content (AvgIpc) is 2.71. The molecule has 0 heterocycles. The molecule has 0 radical (unpaired) electrons. The van der Waals surface area contributed by atoms with E-state index in [1.165, 1.54) is 4.90 Å². The van der Waals surface area contributed by atoms with Crippen LogP contribution < -0.4 is 9.62 Å². The van der Waals surface area contributed by atoms with Crippen molar-refractivity contribution in [2.24, 2.45) is 0 Å². The van der Waals surface area contributed by atoms with Gasteiger partial charge >= 0.3 is 0 Å². The molecule has 0 saturated heterocycles. The summed E-state index contributed by atoms with van der Waals surface area (Å²) in [4.78, 5) is 27.7. The first-order valence-corrected chi connectivity index (χ1v) is 13.3. The van der Waals surface area contributed by atoms with Gasteiger partial charge in [0.05, 0.1) is 11.9 Å². The number of nitrogens with one attached hydrogen (secondary N) is 1. The van der Waals surface area contributed by atoms with Crippen LogP contribution in [0.3, 0.4) is 0 Å². The highest BCUT2D eigenvalue weighted by Gasteiger charge is 2.30. The van der Waals surface area contributed by atoms with Crippen molar-refractivity contribution in [2.75, 3.05) is 17.1 Å². The fourth-order valence-corrected chi connectivity index (χ4v) is 4.52. The highest BCUT2D eigenvalue weighted by Crippen LogP contribution is 2.24. The second kappa shape index (κ2) is 11.2. The lowest BCUT2D eigenvalue weighted by Crippen LogP contribution is -2.52. The molecule has 0 unspecified atom stereocenters. The Labute approximate surface area is 205 Å². The zero-order valence-electron chi connectivity index (χ0n) is 19.9. The van der Waals surface area contributed by atoms with Crippen LogP contribution in [-0.2, 0) is 26.2 Å². The predicted octanol–water partition coefficient (Wildman–Crippen LogP) is 3.77. The van der Waals surface area contributed by atoms with Gasteiger partial charge < -0.3 is 10.2 Å². The molecule has 0 saturated carbocycles. The summed E-state index contributed by atoms with van der Waals surface area (Å²) in [6, 6.07) is 12.0. The highest BCUT2D eigenvalue weighted by molar-refractivity contribution is 9.10. The van der Waals surface area contributed by atoms with E-state index in [0.29, 0.717) is 5.69 Å². The number of nitrogens with zero attached hydrogens (tertiary/aromatic N) is 2. The van der Waals surface area contributed by atoms with E-state index in [4.69, 9.17) is 0 Å². The molecular formula is C24H32BrN3O4S. The molecule has 1 N–H and O–H groups in total. The molecule has 2 aromatic carbocycles. The van der Waals surface area contributed by atoms with Crippen molar-refractivity contribution in [3.05, 3.63) is 63.6 Å². The Morgan fingerprint density at radius 3 is 2.18 bits per heavy atom. The standard InChI is InChI=1S/C24H32BrN3O4S/c1-16(2)26-24(30)19(5)27(14-20-9-11-21(25)12-10-20)23(29)15-28(33(6,31)32)22-13-17(3)7-8-18(22)4/h7-13,16,19H,14-15H2,1-6H3,(H,26,30)/t19-/m0/s1. The number of hydrogen-bond donors (Lipinski definition) is 1. The Kier molecular flexibility index (Phi) is 9.08. The average molecular weight is 539 g/mol. The summed E-state index contributed by atoms with van der Waals surface area (Å²) in [5, 5.41) is 2.83. The molecule has 9 heteroatoms. The summed E-state index contributed by atoms with van der Waals surface area (Å²) in [7, 11) is -3.75. The van der Waals surface area contributed by atoms with Crippen LogP contribution in [0.25, 0.3) is 0 Å². The number of anilines is 1. The van der Waals surface area contributed by atoms with E-state index in [2.05, 4.69) is 21.2 Å². The van der Waals surface area contributed by atoms with Crippen LogP contribution >= 0.6 is 15.9 Å². The minimum absolute atomic E-state index is 0.0907. The zero-order valence-corrected chi connectivity index (χ0v) is 22.3. The van der Waals surface area contributed by atoms with Gasteiger partial charge in [-0.15, -0.1) is 0 Å². The summed E-state index contributed by atoms with van der Waals surface area (Å²) in [6.45, 7) is 8.77. The summed E-state index contributed by atoms with van der Waals surface area (Å²) in [5.74, 6) is -0.760. The van der Waals surface area contributed by atoms with Crippen LogP contribution in [0, 0.1) is 13.8 Å². The second-order valence-corrected chi connectivity index (χ2v) is 11.4. The van der Waals surface area contributed by atoms with Crippen molar-refractivity contribution in [3.63, 3.8) is 0 Å². The molecule has 7 nitrogen and oxygen atoms in total. The van der Waals surface area contributed by atoms with Gasteiger partial charge in [0.2, 0.25) is 21.8 Å². The van der Waals surface area contributed by atoms with E-state index in [1.807, 2.05) is 57.2 Å². The van der Waals surface area contributed by atoms with E-state index in [1.54, 1.807) is 19.9 Å². The molecule has 2 rings (SSSR count). The maximum absolute atomic E-state index is 13.5. The Morgan fingerprint density at radius 2 is 1.64 bits per heavy atom. The lowest BCUT2D eigenvalue weighted by atomic mass is 10.1. The van der Waals surface area contributed by atoms with Gasteiger partial charge in [0, 0.05) is 17.1 Å². The van der Waals surface area contributed by atoms with E-state index < -0.39 is 28.5 Å². The molecule has 0 aliphatic heterocycles. The topological polar surface area (TPSA) is 86.8 Å². The van der Waals surface area contributed by atoms with Gasteiger partial charge in [0.1, 0.15) is 12.6 Å². The maximum Gasteiger partial charge on any atom is 0.244 e. The van der Waals surface area contributed by atoms with Crippen LogP contribution in [0.15, 0.2) is 46.9 Å².